The average molecular weight is 345 g/mol. The summed E-state index contributed by atoms with van der Waals surface area (Å²) in [5.74, 6) is -1.28. The number of para-hydroxylation sites is 1. The van der Waals surface area contributed by atoms with Crippen molar-refractivity contribution < 1.29 is 14.4 Å². The van der Waals surface area contributed by atoms with E-state index in [0.717, 1.165) is 4.90 Å². The van der Waals surface area contributed by atoms with E-state index in [2.05, 4.69) is 15.8 Å². The molecule has 1 aromatic heterocycles. The summed E-state index contributed by atoms with van der Waals surface area (Å²) < 4.78 is 0. The Morgan fingerprint density at radius 1 is 1.17 bits per heavy atom. The highest BCUT2D eigenvalue weighted by atomic mass is 35.5. The van der Waals surface area contributed by atoms with Crippen molar-refractivity contribution in [2.24, 2.45) is 0 Å². The molecule has 1 aromatic carbocycles. The van der Waals surface area contributed by atoms with Gasteiger partial charge in [-0.05, 0) is 24.3 Å². The molecule has 2 aromatic rings. The van der Waals surface area contributed by atoms with Gasteiger partial charge in [-0.15, -0.1) is 0 Å². The molecule has 0 saturated carbocycles. The monoisotopic (exact) mass is 344 g/mol. The number of halogens is 1. The standard InChI is InChI=1S/C16H13ClN4O3/c17-11-3-1-2-4-13(11)21-14(22)9-12(16(21)24)19-20-15(23)10-5-7-18-8-6-10/h1-8,12,19H,9H2,(H,20,23). The van der Waals surface area contributed by atoms with Gasteiger partial charge in [0.1, 0.15) is 6.04 Å². The van der Waals surface area contributed by atoms with E-state index >= 15 is 0 Å². The maximum absolute atomic E-state index is 12.4. The molecule has 2 N–H and O–H groups in total. The zero-order valence-corrected chi connectivity index (χ0v) is 13.2. The average Bonchev–Trinajstić information content (AvgIpc) is 2.88. The number of anilines is 1. The Morgan fingerprint density at radius 2 is 1.88 bits per heavy atom. The molecule has 1 aliphatic heterocycles. The lowest BCUT2D eigenvalue weighted by atomic mass is 10.2. The van der Waals surface area contributed by atoms with Crippen LogP contribution in [-0.2, 0) is 9.59 Å². The second-order valence-corrected chi connectivity index (χ2v) is 5.52. The fourth-order valence-corrected chi connectivity index (χ4v) is 2.58. The number of nitrogens with zero attached hydrogens (tertiary/aromatic N) is 2. The number of pyridine rings is 1. The molecule has 1 saturated heterocycles. The summed E-state index contributed by atoms with van der Waals surface area (Å²) in [6.45, 7) is 0. The van der Waals surface area contributed by atoms with Crippen LogP contribution in [0.3, 0.4) is 0 Å². The highest BCUT2D eigenvalue weighted by Crippen LogP contribution is 2.29. The van der Waals surface area contributed by atoms with Crippen molar-refractivity contribution in [1.82, 2.24) is 15.8 Å². The minimum absolute atomic E-state index is 0.0688. The Morgan fingerprint density at radius 3 is 2.58 bits per heavy atom. The number of amides is 3. The first-order valence-corrected chi connectivity index (χ1v) is 7.53. The second kappa shape index (κ2) is 6.77. The number of aromatic nitrogens is 1. The predicted octanol–water partition coefficient (Wildman–Crippen LogP) is 1.30. The molecule has 0 aliphatic carbocycles. The van der Waals surface area contributed by atoms with Gasteiger partial charge in [0.05, 0.1) is 17.1 Å². The van der Waals surface area contributed by atoms with Crippen LogP contribution in [0.15, 0.2) is 48.8 Å². The van der Waals surface area contributed by atoms with E-state index in [1.54, 1.807) is 24.3 Å². The molecular weight excluding hydrogens is 332 g/mol. The zero-order valence-electron chi connectivity index (χ0n) is 12.4. The van der Waals surface area contributed by atoms with Crippen LogP contribution in [0.2, 0.25) is 5.02 Å². The molecule has 7 nitrogen and oxygen atoms in total. The third-order valence-corrected chi connectivity index (χ3v) is 3.86. The lowest BCUT2D eigenvalue weighted by Gasteiger charge is -2.17. The van der Waals surface area contributed by atoms with E-state index in [1.807, 2.05) is 0 Å². The van der Waals surface area contributed by atoms with Crippen LogP contribution < -0.4 is 15.8 Å². The third-order valence-electron chi connectivity index (χ3n) is 3.54. The normalized spacial score (nSPS) is 17.2. The highest BCUT2D eigenvalue weighted by Gasteiger charge is 2.40. The number of hydrogen-bond acceptors (Lipinski definition) is 5. The predicted molar refractivity (Wildman–Crippen MR) is 87.2 cm³/mol. The van der Waals surface area contributed by atoms with Crippen LogP contribution in [0, 0.1) is 0 Å². The first kappa shape index (κ1) is 16.1. The number of carbonyl (C=O) groups excluding carboxylic acids is 3. The molecule has 1 unspecified atom stereocenters. The molecule has 8 heteroatoms. The van der Waals surface area contributed by atoms with Crippen LogP contribution in [0.5, 0.6) is 0 Å². The van der Waals surface area contributed by atoms with Gasteiger partial charge in [0, 0.05) is 18.0 Å². The minimum atomic E-state index is -0.848. The van der Waals surface area contributed by atoms with Gasteiger partial charge in [0.25, 0.3) is 11.8 Å². The molecule has 2 heterocycles. The Kier molecular flexibility index (Phi) is 4.54. The van der Waals surface area contributed by atoms with Crippen LogP contribution in [0.25, 0.3) is 0 Å². The van der Waals surface area contributed by atoms with Crippen molar-refractivity contribution in [3.8, 4) is 0 Å². The van der Waals surface area contributed by atoms with Crippen LogP contribution in [0.1, 0.15) is 16.8 Å². The largest absolute Gasteiger partial charge is 0.287 e. The number of hydrogen-bond donors (Lipinski definition) is 2. The summed E-state index contributed by atoms with van der Waals surface area (Å²) in [4.78, 5) is 41.4. The Bertz CT molecular complexity index is 797. The van der Waals surface area contributed by atoms with Gasteiger partial charge < -0.3 is 0 Å². The van der Waals surface area contributed by atoms with Gasteiger partial charge in [-0.2, -0.15) is 0 Å². The summed E-state index contributed by atoms with van der Waals surface area (Å²) in [5.41, 5.74) is 5.75. The summed E-state index contributed by atoms with van der Waals surface area (Å²) in [6.07, 6.45) is 2.90. The number of hydrazine groups is 1. The van der Waals surface area contributed by atoms with Crippen molar-refractivity contribution in [2.75, 3.05) is 4.90 Å². The lowest BCUT2D eigenvalue weighted by Crippen LogP contribution is -2.48. The van der Waals surface area contributed by atoms with Gasteiger partial charge >= 0.3 is 0 Å². The van der Waals surface area contributed by atoms with E-state index in [1.165, 1.54) is 24.5 Å². The summed E-state index contributed by atoms with van der Waals surface area (Å²) in [7, 11) is 0. The molecular formula is C16H13ClN4O3. The first-order chi connectivity index (χ1) is 11.6. The van der Waals surface area contributed by atoms with Gasteiger partial charge in [-0.25, -0.2) is 10.3 Å². The van der Waals surface area contributed by atoms with Gasteiger partial charge in [0.15, 0.2) is 0 Å². The zero-order chi connectivity index (χ0) is 17.1. The van der Waals surface area contributed by atoms with E-state index in [4.69, 9.17) is 11.6 Å². The van der Waals surface area contributed by atoms with Gasteiger partial charge in [-0.1, -0.05) is 23.7 Å². The second-order valence-electron chi connectivity index (χ2n) is 5.11. The third kappa shape index (κ3) is 3.12. The summed E-state index contributed by atoms with van der Waals surface area (Å²) in [6, 6.07) is 8.82. The van der Waals surface area contributed by atoms with Crippen LogP contribution in [-0.4, -0.2) is 28.7 Å². The lowest BCUT2D eigenvalue weighted by molar-refractivity contribution is -0.121. The van der Waals surface area contributed by atoms with E-state index in [9.17, 15) is 14.4 Å². The van der Waals surface area contributed by atoms with Crippen molar-refractivity contribution in [3.05, 3.63) is 59.4 Å². The maximum atomic E-state index is 12.4. The molecule has 1 aliphatic rings. The highest BCUT2D eigenvalue weighted by molar-refractivity contribution is 6.36. The number of rotatable bonds is 4. The Labute approximate surface area is 142 Å². The van der Waals surface area contributed by atoms with E-state index in [0.29, 0.717) is 16.3 Å². The molecule has 1 fully saturated rings. The topological polar surface area (TPSA) is 91.4 Å². The number of benzene rings is 1. The molecule has 24 heavy (non-hydrogen) atoms. The van der Waals surface area contributed by atoms with Crippen molar-refractivity contribution in [2.45, 2.75) is 12.5 Å². The number of carbonyl (C=O) groups is 3. The first-order valence-electron chi connectivity index (χ1n) is 7.15. The van der Waals surface area contributed by atoms with Crippen molar-refractivity contribution >= 4 is 35.0 Å². The maximum Gasteiger partial charge on any atom is 0.265 e. The van der Waals surface area contributed by atoms with E-state index in [-0.39, 0.29) is 12.3 Å². The smallest absolute Gasteiger partial charge is 0.265 e. The molecule has 0 bridgehead atoms. The fourth-order valence-electron chi connectivity index (χ4n) is 2.36. The molecule has 3 rings (SSSR count). The Balaban J connectivity index is 1.69. The minimum Gasteiger partial charge on any atom is -0.287 e. The van der Waals surface area contributed by atoms with Crippen LogP contribution in [0.4, 0.5) is 5.69 Å². The van der Waals surface area contributed by atoms with Crippen LogP contribution >= 0.6 is 11.6 Å². The Hall–Kier alpha value is -2.77. The number of imide groups is 1. The van der Waals surface area contributed by atoms with E-state index < -0.39 is 17.9 Å². The molecule has 122 valence electrons. The molecule has 0 radical (unpaired) electrons. The van der Waals surface area contributed by atoms with Gasteiger partial charge in [-0.3, -0.25) is 24.8 Å². The quantitative estimate of drug-likeness (QED) is 0.644. The summed E-state index contributed by atoms with van der Waals surface area (Å²) >= 11 is 6.05. The summed E-state index contributed by atoms with van der Waals surface area (Å²) in [5, 5.41) is 0.306. The fraction of sp³-hybridized carbons (Fsp3) is 0.125. The van der Waals surface area contributed by atoms with Crippen molar-refractivity contribution in [3.63, 3.8) is 0 Å². The molecule has 0 spiro atoms. The van der Waals surface area contributed by atoms with Gasteiger partial charge in [0.2, 0.25) is 5.91 Å². The number of nitrogens with one attached hydrogen (secondary N) is 2. The molecule has 1 atom stereocenters. The SMILES string of the molecule is O=C(NNC1CC(=O)N(c2ccccc2Cl)C1=O)c1ccncc1. The van der Waals surface area contributed by atoms with Crippen molar-refractivity contribution in [1.29, 1.82) is 0 Å². The molecule has 3 amide bonds.